The van der Waals surface area contributed by atoms with Crippen LogP contribution >= 0.6 is 0 Å². The van der Waals surface area contributed by atoms with Gasteiger partial charge in [0.05, 0.1) is 12.0 Å². The molecule has 11 nitrogen and oxygen atoms in total. The van der Waals surface area contributed by atoms with Crippen LogP contribution in [0.5, 0.6) is 0 Å². The molecule has 1 rings (SSSR count). The SMILES string of the molecule is CC(C)(CO)C(=O)ON1C(=O)CCC1=O.CC(C)CCNC(=O)CCCC(=O)/C=C\C(N)=O. The van der Waals surface area contributed by atoms with Crippen LogP contribution in [0.25, 0.3) is 0 Å². The molecule has 1 saturated heterocycles. The van der Waals surface area contributed by atoms with Gasteiger partial charge in [-0.2, -0.15) is 0 Å². The van der Waals surface area contributed by atoms with Crippen LogP contribution in [0.4, 0.5) is 0 Å². The zero-order chi connectivity index (χ0) is 25.6. The lowest BCUT2D eigenvalue weighted by Gasteiger charge is -2.21. The number of primary amides is 1. The normalized spacial score (nSPS) is 13.7. The van der Waals surface area contributed by atoms with E-state index in [1.165, 1.54) is 13.8 Å². The molecular weight excluding hydrogens is 434 g/mol. The molecule has 0 unspecified atom stereocenters. The van der Waals surface area contributed by atoms with E-state index in [2.05, 4.69) is 24.0 Å². The minimum atomic E-state index is -1.12. The summed E-state index contributed by atoms with van der Waals surface area (Å²) in [6, 6.07) is 0. The minimum Gasteiger partial charge on any atom is -0.395 e. The summed E-state index contributed by atoms with van der Waals surface area (Å²) in [5.41, 5.74) is 3.73. The van der Waals surface area contributed by atoms with E-state index in [1.807, 2.05) is 0 Å². The lowest BCUT2D eigenvalue weighted by molar-refractivity contribution is -0.205. The van der Waals surface area contributed by atoms with Gasteiger partial charge in [-0.05, 0) is 38.7 Å². The van der Waals surface area contributed by atoms with Crippen LogP contribution in [-0.2, 0) is 33.6 Å². The number of nitrogens with one attached hydrogen (secondary N) is 1. The van der Waals surface area contributed by atoms with E-state index in [0.29, 0.717) is 30.4 Å². The summed E-state index contributed by atoms with van der Waals surface area (Å²) >= 11 is 0. The molecule has 0 spiro atoms. The summed E-state index contributed by atoms with van der Waals surface area (Å²) in [6.07, 6.45) is 4.32. The summed E-state index contributed by atoms with van der Waals surface area (Å²) < 4.78 is 0. The number of hydroxylamine groups is 2. The molecule has 1 fully saturated rings. The summed E-state index contributed by atoms with van der Waals surface area (Å²) in [7, 11) is 0. The Morgan fingerprint density at radius 2 is 1.70 bits per heavy atom. The van der Waals surface area contributed by atoms with E-state index >= 15 is 0 Å². The quantitative estimate of drug-likeness (QED) is 0.274. The van der Waals surface area contributed by atoms with Crippen LogP contribution in [0.15, 0.2) is 12.2 Å². The number of carbonyl (C=O) groups excluding carboxylic acids is 6. The molecule has 0 atom stereocenters. The number of aliphatic hydroxyl groups excluding tert-OH is 1. The van der Waals surface area contributed by atoms with Crippen molar-refractivity contribution >= 4 is 35.4 Å². The van der Waals surface area contributed by atoms with Gasteiger partial charge in [-0.1, -0.05) is 13.8 Å². The third kappa shape index (κ3) is 13.2. The highest BCUT2D eigenvalue weighted by atomic mass is 16.7. The standard InChI is InChI=1S/C13H22N2O3.C9H13NO5/c1-10(2)8-9-15-13(18)5-3-4-11(16)6-7-12(14)17;1-9(2,5-11)8(14)15-10-6(12)3-4-7(10)13/h6-7,10H,3-5,8-9H2,1-2H3,(H2,14,17)(H,15,18);11H,3-5H2,1-2H3/b7-6-;. The third-order valence-electron chi connectivity index (χ3n) is 4.43. The number of imide groups is 1. The number of hydrogen-bond donors (Lipinski definition) is 3. The smallest absolute Gasteiger partial charge is 0.341 e. The Morgan fingerprint density at radius 3 is 2.18 bits per heavy atom. The maximum Gasteiger partial charge on any atom is 0.341 e. The number of aliphatic hydroxyl groups is 1. The molecule has 33 heavy (non-hydrogen) atoms. The number of nitrogens with zero attached hydrogens (tertiary/aromatic N) is 1. The highest BCUT2D eigenvalue weighted by molar-refractivity contribution is 6.01. The predicted octanol–water partition coefficient (Wildman–Crippen LogP) is 0.542. The van der Waals surface area contributed by atoms with E-state index in [9.17, 15) is 28.8 Å². The number of rotatable bonds is 12. The molecule has 4 amide bonds. The molecule has 4 N–H and O–H groups in total. The van der Waals surface area contributed by atoms with Crippen LogP contribution in [-0.4, -0.2) is 58.7 Å². The number of ketones is 1. The Hall–Kier alpha value is -3.08. The molecular formula is C22H35N3O8. The molecule has 186 valence electrons. The average Bonchev–Trinajstić information content (AvgIpc) is 3.04. The summed E-state index contributed by atoms with van der Waals surface area (Å²) in [5, 5.41) is 12.1. The first-order valence-corrected chi connectivity index (χ1v) is 10.8. The number of amides is 4. The number of allylic oxidation sites excluding steroid dienone is 1. The second kappa shape index (κ2) is 14.9. The Balaban J connectivity index is 0.000000629. The molecule has 0 radical (unpaired) electrons. The Labute approximate surface area is 193 Å². The van der Waals surface area contributed by atoms with Gasteiger partial charge in [0.15, 0.2) is 5.78 Å². The fraction of sp³-hybridized carbons (Fsp3) is 0.636. The van der Waals surface area contributed by atoms with Gasteiger partial charge in [0.25, 0.3) is 11.8 Å². The molecule has 0 bridgehead atoms. The van der Waals surface area contributed by atoms with E-state index in [4.69, 9.17) is 10.8 Å². The van der Waals surface area contributed by atoms with Crippen LogP contribution in [0.3, 0.4) is 0 Å². The number of nitrogens with two attached hydrogens (primary N) is 1. The second-order valence-corrected chi connectivity index (χ2v) is 8.59. The van der Waals surface area contributed by atoms with Gasteiger partial charge in [-0.25, -0.2) is 4.79 Å². The van der Waals surface area contributed by atoms with Crippen molar-refractivity contribution in [1.29, 1.82) is 0 Å². The van der Waals surface area contributed by atoms with Gasteiger partial charge in [-0.3, -0.25) is 24.0 Å². The van der Waals surface area contributed by atoms with Crippen molar-refractivity contribution < 1.29 is 38.7 Å². The van der Waals surface area contributed by atoms with Crippen LogP contribution < -0.4 is 11.1 Å². The third-order valence-corrected chi connectivity index (χ3v) is 4.43. The fourth-order valence-corrected chi connectivity index (χ4v) is 2.20. The highest BCUT2D eigenvalue weighted by Gasteiger charge is 2.37. The van der Waals surface area contributed by atoms with E-state index < -0.39 is 35.7 Å². The Kier molecular flexibility index (Phi) is 13.5. The maximum atomic E-state index is 11.4. The number of hydrogen-bond acceptors (Lipinski definition) is 8. The summed E-state index contributed by atoms with van der Waals surface area (Å²) in [4.78, 5) is 71.2. The molecule has 0 saturated carbocycles. The second-order valence-electron chi connectivity index (χ2n) is 8.59. The molecule has 1 aliphatic rings. The van der Waals surface area contributed by atoms with Crippen LogP contribution in [0.2, 0.25) is 0 Å². The first-order chi connectivity index (χ1) is 15.3. The van der Waals surface area contributed by atoms with Crippen molar-refractivity contribution in [3.63, 3.8) is 0 Å². The van der Waals surface area contributed by atoms with Gasteiger partial charge in [0, 0.05) is 38.3 Å². The van der Waals surface area contributed by atoms with Gasteiger partial charge < -0.3 is 21.0 Å². The van der Waals surface area contributed by atoms with E-state index in [0.717, 1.165) is 18.6 Å². The minimum absolute atomic E-state index is 0.0395. The van der Waals surface area contributed by atoms with Crippen molar-refractivity contribution in [2.45, 2.75) is 66.2 Å². The average molecular weight is 470 g/mol. The number of carbonyl (C=O) groups is 6. The zero-order valence-corrected chi connectivity index (χ0v) is 19.7. The zero-order valence-electron chi connectivity index (χ0n) is 19.7. The van der Waals surface area contributed by atoms with Crippen LogP contribution in [0, 0.1) is 11.3 Å². The maximum absolute atomic E-state index is 11.4. The van der Waals surface area contributed by atoms with Gasteiger partial charge >= 0.3 is 5.97 Å². The molecule has 1 heterocycles. The molecule has 0 aromatic rings. The summed E-state index contributed by atoms with van der Waals surface area (Å²) in [5.74, 6) is -2.16. The van der Waals surface area contributed by atoms with Gasteiger partial charge in [0.1, 0.15) is 0 Å². The van der Waals surface area contributed by atoms with Crippen molar-refractivity contribution in [2.75, 3.05) is 13.2 Å². The predicted molar refractivity (Wildman–Crippen MR) is 118 cm³/mol. The lowest BCUT2D eigenvalue weighted by atomic mass is 9.96. The first kappa shape index (κ1) is 29.9. The molecule has 0 aromatic carbocycles. The molecule has 0 aromatic heterocycles. The van der Waals surface area contributed by atoms with Crippen molar-refractivity contribution in [1.82, 2.24) is 10.4 Å². The molecule has 1 aliphatic heterocycles. The van der Waals surface area contributed by atoms with Crippen LogP contribution in [0.1, 0.15) is 66.2 Å². The fourth-order valence-electron chi connectivity index (χ4n) is 2.20. The van der Waals surface area contributed by atoms with E-state index in [-0.39, 0.29) is 31.0 Å². The molecule has 0 aliphatic carbocycles. The van der Waals surface area contributed by atoms with Gasteiger partial charge in [0.2, 0.25) is 11.8 Å². The summed E-state index contributed by atoms with van der Waals surface area (Å²) in [6.45, 7) is 7.36. The first-order valence-electron chi connectivity index (χ1n) is 10.8. The van der Waals surface area contributed by atoms with E-state index in [1.54, 1.807) is 0 Å². The topological polar surface area (TPSA) is 173 Å². The lowest BCUT2D eigenvalue weighted by Crippen LogP contribution is -2.39. The molecule has 11 heteroatoms. The highest BCUT2D eigenvalue weighted by Crippen LogP contribution is 2.20. The Bertz CT molecular complexity index is 743. The van der Waals surface area contributed by atoms with Crippen molar-refractivity contribution in [3.05, 3.63) is 12.2 Å². The largest absolute Gasteiger partial charge is 0.395 e. The van der Waals surface area contributed by atoms with Crippen molar-refractivity contribution in [2.24, 2.45) is 17.1 Å². The Morgan fingerprint density at radius 1 is 1.12 bits per heavy atom. The monoisotopic (exact) mass is 469 g/mol. The van der Waals surface area contributed by atoms with Gasteiger partial charge in [-0.15, -0.1) is 5.06 Å². The van der Waals surface area contributed by atoms with Crippen molar-refractivity contribution in [3.8, 4) is 0 Å².